The smallest absolute Gasteiger partial charge is 0.280 e. The molecule has 0 bridgehead atoms. The van der Waals surface area contributed by atoms with Crippen LogP contribution in [0.1, 0.15) is 12.7 Å². The number of nitrogens with zero attached hydrogens (tertiary/aromatic N) is 1. The first-order valence-electron chi connectivity index (χ1n) is 8.12. The predicted octanol–water partition coefficient (Wildman–Crippen LogP) is 5.28. The van der Waals surface area contributed by atoms with Crippen molar-refractivity contribution in [2.75, 3.05) is 0 Å². The van der Waals surface area contributed by atoms with E-state index in [1.807, 2.05) is 30.3 Å². The zero-order valence-electron chi connectivity index (χ0n) is 14.4. The second-order valence-corrected chi connectivity index (χ2v) is 7.01. The fourth-order valence-electron chi connectivity index (χ4n) is 2.21. The molecule has 1 amide bonds. The zero-order valence-corrected chi connectivity index (χ0v) is 16.7. The number of furan rings is 1. The van der Waals surface area contributed by atoms with Crippen molar-refractivity contribution >= 4 is 39.7 Å². The molecule has 0 aliphatic heterocycles. The molecule has 27 heavy (non-hydrogen) atoms. The molecule has 2 aromatic carbocycles. The number of hydrogen-bond acceptors (Lipinski definition) is 4. The molecule has 138 valence electrons. The van der Waals surface area contributed by atoms with E-state index in [2.05, 4.69) is 26.5 Å². The molecule has 0 saturated carbocycles. The van der Waals surface area contributed by atoms with Gasteiger partial charge in [-0.1, -0.05) is 39.7 Å². The van der Waals surface area contributed by atoms with Crippen LogP contribution in [0.3, 0.4) is 0 Å². The third-order valence-corrected chi connectivity index (χ3v) is 4.40. The van der Waals surface area contributed by atoms with Gasteiger partial charge in [-0.15, -0.1) is 0 Å². The van der Waals surface area contributed by atoms with E-state index >= 15 is 0 Å². The van der Waals surface area contributed by atoms with Crippen LogP contribution in [0.5, 0.6) is 5.75 Å². The molecule has 1 atom stereocenters. The SMILES string of the molecule is C[C@@H](Oc1ccc(Cl)cc1)C(=O)N/N=C\c1ccc(-c2ccc(Br)cc2)o1. The largest absolute Gasteiger partial charge is 0.481 e. The number of ether oxygens (including phenoxy) is 1. The number of amides is 1. The van der Waals surface area contributed by atoms with E-state index in [0.717, 1.165) is 15.8 Å². The van der Waals surface area contributed by atoms with Gasteiger partial charge in [0.15, 0.2) is 6.10 Å². The molecule has 5 nitrogen and oxygen atoms in total. The number of rotatable bonds is 6. The van der Waals surface area contributed by atoms with Gasteiger partial charge >= 0.3 is 0 Å². The number of carbonyl (C=O) groups excluding carboxylic acids is 1. The Labute approximate surface area is 170 Å². The highest BCUT2D eigenvalue weighted by Crippen LogP contribution is 2.23. The van der Waals surface area contributed by atoms with Crippen LogP contribution in [0.4, 0.5) is 0 Å². The Kier molecular flexibility index (Phi) is 6.32. The molecule has 0 aliphatic rings. The number of hydrogen-bond donors (Lipinski definition) is 1. The minimum atomic E-state index is -0.710. The average molecular weight is 448 g/mol. The molecule has 0 saturated heterocycles. The molecule has 1 N–H and O–H groups in total. The van der Waals surface area contributed by atoms with Gasteiger partial charge in [-0.2, -0.15) is 5.10 Å². The second kappa shape index (κ2) is 8.88. The minimum absolute atomic E-state index is 0.374. The molecule has 7 heteroatoms. The lowest BCUT2D eigenvalue weighted by Crippen LogP contribution is -2.33. The van der Waals surface area contributed by atoms with Crippen molar-refractivity contribution in [3.8, 4) is 17.1 Å². The summed E-state index contributed by atoms with van der Waals surface area (Å²) in [6.45, 7) is 1.64. The minimum Gasteiger partial charge on any atom is -0.481 e. The predicted molar refractivity (Wildman–Crippen MR) is 109 cm³/mol. The number of carbonyl (C=O) groups is 1. The van der Waals surface area contributed by atoms with Gasteiger partial charge in [-0.05, 0) is 55.5 Å². The summed E-state index contributed by atoms with van der Waals surface area (Å²) >= 11 is 9.22. The van der Waals surface area contributed by atoms with Gasteiger partial charge in [0.25, 0.3) is 5.91 Å². The van der Waals surface area contributed by atoms with Crippen molar-refractivity contribution in [3.05, 3.63) is 75.9 Å². The molecular formula is C20H16BrClN2O3. The van der Waals surface area contributed by atoms with Crippen LogP contribution >= 0.6 is 27.5 Å². The normalized spacial score (nSPS) is 12.1. The van der Waals surface area contributed by atoms with Crippen LogP contribution in [0, 0.1) is 0 Å². The van der Waals surface area contributed by atoms with Crippen molar-refractivity contribution in [2.45, 2.75) is 13.0 Å². The number of nitrogens with one attached hydrogen (secondary N) is 1. The zero-order chi connectivity index (χ0) is 19.2. The molecule has 1 heterocycles. The van der Waals surface area contributed by atoms with Gasteiger partial charge < -0.3 is 9.15 Å². The molecule has 3 rings (SSSR count). The molecule has 0 fully saturated rings. The van der Waals surface area contributed by atoms with Gasteiger partial charge in [0.2, 0.25) is 0 Å². The first kappa shape index (κ1) is 19.2. The topological polar surface area (TPSA) is 63.8 Å². The van der Waals surface area contributed by atoms with E-state index in [1.54, 1.807) is 37.3 Å². The molecular weight excluding hydrogens is 432 g/mol. The monoisotopic (exact) mass is 446 g/mol. The summed E-state index contributed by atoms with van der Waals surface area (Å²) in [5.74, 6) is 1.42. The summed E-state index contributed by atoms with van der Waals surface area (Å²) in [4.78, 5) is 12.1. The van der Waals surface area contributed by atoms with Gasteiger partial charge in [-0.3, -0.25) is 4.79 Å². The molecule has 0 aliphatic carbocycles. The molecule has 0 spiro atoms. The van der Waals surface area contributed by atoms with Crippen LogP contribution in [0.15, 0.2) is 74.7 Å². The Hall–Kier alpha value is -2.57. The van der Waals surface area contributed by atoms with Gasteiger partial charge in [-0.25, -0.2) is 5.43 Å². The summed E-state index contributed by atoms with van der Waals surface area (Å²) in [7, 11) is 0. The summed E-state index contributed by atoms with van der Waals surface area (Å²) < 4.78 is 12.2. The second-order valence-electron chi connectivity index (χ2n) is 5.66. The molecule has 0 radical (unpaired) electrons. The Morgan fingerprint density at radius 3 is 2.56 bits per heavy atom. The highest BCUT2D eigenvalue weighted by Gasteiger charge is 2.14. The van der Waals surface area contributed by atoms with Crippen LogP contribution in [-0.2, 0) is 4.79 Å². The quantitative estimate of drug-likeness (QED) is 0.413. The van der Waals surface area contributed by atoms with E-state index in [1.165, 1.54) is 6.21 Å². The van der Waals surface area contributed by atoms with Crippen molar-refractivity contribution in [2.24, 2.45) is 5.10 Å². The summed E-state index contributed by atoms with van der Waals surface area (Å²) in [6, 6.07) is 18.2. The summed E-state index contributed by atoms with van der Waals surface area (Å²) in [6.07, 6.45) is 0.730. The summed E-state index contributed by atoms with van der Waals surface area (Å²) in [5, 5.41) is 4.51. The standard InChI is InChI=1S/C20H16BrClN2O3/c1-13(26-17-8-6-16(22)7-9-17)20(25)24-23-12-18-10-11-19(27-18)14-2-4-15(21)5-3-14/h2-13H,1H3,(H,24,25)/b23-12-/t13-/m1/s1. The highest BCUT2D eigenvalue weighted by atomic mass is 79.9. The maximum absolute atomic E-state index is 12.1. The molecule has 0 unspecified atom stereocenters. The van der Waals surface area contributed by atoms with E-state index in [9.17, 15) is 4.79 Å². The van der Waals surface area contributed by atoms with E-state index in [-0.39, 0.29) is 5.91 Å². The third-order valence-electron chi connectivity index (χ3n) is 3.62. The average Bonchev–Trinajstić information content (AvgIpc) is 3.13. The van der Waals surface area contributed by atoms with Gasteiger partial charge in [0, 0.05) is 15.1 Å². The maximum Gasteiger partial charge on any atom is 0.280 e. The lowest BCUT2D eigenvalue weighted by molar-refractivity contribution is -0.127. The first-order valence-corrected chi connectivity index (χ1v) is 9.29. The van der Waals surface area contributed by atoms with E-state index in [0.29, 0.717) is 16.5 Å². The van der Waals surface area contributed by atoms with Gasteiger partial charge in [0.05, 0.1) is 6.21 Å². The molecule has 1 aromatic heterocycles. The van der Waals surface area contributed by atoms with Crippen LogP contribution < -0.4 is 10.2 Å². The van der Waals surface area contributed by atoms with Gasteiger partial charge in [0.1, 0.15) is 17.3 Å². The highest BCUT2D eigenvalue weighted by molar-refractivity contribution is 9.10. The van der Waals surface area contributed by atoms with Crippen LogP contribution in [0.25, 0.3) is 11.3 Å². The van der Waals surface area contributed by atoms with Crippen LogP contribution in [0.2, 0.25) is 5.02 Å². The number of halogens is 2. The lowest BCUT2D eigenvalue weighted by Gasteiger charge is -2.12. The Morgan fingerprint density at radius 1 is 1.15 bits per heavy atom. The Morgan fingerprint density at radius 2 is 1.85 bits per heavy atom. The fraction of sp³-hybridized carbons (Fsp3) is 0.100. The summed E-state index contributed by atoms with van der Waals surface area (Å²) in [5.41, 5.74) is 3.38. The van der Waals surface area contributed by atoms with E-state index in [4.69, 9.17) is 20.8 Å². The van der Waals surface area contributed by atoms with Crippen molar-refractivity contribution in [1.29, 1.82) is 0 Å². The van der Waals surface area contributed by atoms with E-state index < -0.39 is 6.10 Å². The first-order chi connectivity index (χ1) is 13.0. The lowest BCUT2D eigenvalue weighted by atomic mass is 10.2. The Balaban J connectivity index is 1.54. The molecule has 3 aromatic rings. The third kappa shape index (κ3) is 5.45. The maximum atomic E-state index is 12.1. The van der Waals surface area contributed by atoms with Crippen LogP contribution in [-0.4, -0.2) is 18.2 Å². The van der Waals surface area contributed by atoms with Crippen molar-refractivity contribution in [1.82, 2.24) is 5.43 Å². The Bertz CT molecular complexity index is 937. The number of hydrazone groups is 1. The fourth-order valence-corrected chi connectivity index (χ4v) is 2.60. The van der Waals surface area contributed by atoms with Crippen molar-refractivity contribution < 1.29 is 13.9 Å². The van der Waals surface area contributed by atoms with Crippen molar-refractivity contribution in [3.63, 3.8) is 0 Å². The number of benzene rings is 2.